The quantitative estimate of drug-likeness (QED) is 0.267. The fourth-order valence-corrected chi connectivity index (χ4v) is 8.32. The topological polar surface area (TPSA) is 0 Å². The summed E-state index contributed by atoms with van der Waals surface area (Å²) in [5, 5.41) is 2.10. The minimum Gasteiger partial charge on any atom is -0.179 e. The second-order valence-electron chi connectivity index (χ2n) is 5.76. The van der Waals surface area contributed by atoms with E-state index in [1.54, 1.807) is 0 Å². The van der Waals surface area contributed by atoms with Gasteiger partial charge in [-0.05, 0) is 30.9 Å². The maximum atomic E-state index is 4.87. The van der Waals surface area contributed by atoms with Gasteiger partial charge in [-0.25, -0.2) is 0 Å². The third-order valence-corrected chi connectivity index (χ3v) is 10.2. The molecule has 0 bridgehead atoms. The van der Waals surface area contributed by atoms with Gasteiger partial charge in [0.2, 0.25) is 0 Å². The third kappa shape index (κ3) is 8.95. The molecule has 0 radical (unpaired) electrons. The van der Waals surface area contributed by atoms with Crippen LogP contribution in [0.1, 0.15) is 19.3 Å². The van der Waals surface area contributed by atoms with Gasteiger partial charge in [-0.2, -0.15) is 99.3 Å². The van der Waals surface area contributed by atoms with Crippen molar-refractivity contribution >= 4 is 99.3 Å². The minimum atomic E-state index is 0.318. The first kappa shape index (κ1) is 22.8. The monoisotopic (exact) mass is 452 g/mol. The Morgan fingerprint density at radius 3 is 2.14 bits per heavy atom. The van der Waals surface area contributed by atoms with Crippen LogP contribution in [-0.2, 0) is 0 Å². The summed E-state index contributed by atoms with van der Waals surface area (Å²) >= 11 is 31.9. The van der Waals surface area contributed by atoms with Crippen LogP contribution in [0.4, 0.5) is 0 Å². The van der Waals surface area contributed by atoms with Gasteiger partial charge in [0.15, 0.2) is 0 Å². The van der Waals surface area contributed by atoms with E-state index in [9.17, 15) is 0 Å². The van der Waals surface area contributed by atoms with Crippen LogP contribution >= 0.6 is 99.3 Å². The van der Waals surface area contributed by atoms with E-state index in [0.29, 0.717) is 32.2 Å². The van der Waals surface area contributed by atoms with Crippen LogP contribution in [0.2, 0.25) is 0 Å². The first-order valence-electron chi connectivity index (χ1n) is 7.61. The molecule has 8 heteroatoms. The van der Waals surface area contributed by atoms with Crippen LogP contribution in [-0.4, -0.2) is 55.0 Å². The van der Waals surface area contributed by atoms with Gasteiger partial charge >= 0.3 is 0 Å². The average molecular weight is 453 g/mol. The van der Waals surface area contributed by atoms with Crippen molar-refractivity contribution in [2.24, 2.45) is 5.92 Å². The molecule has 0 N–H and O–H groups in total. The highest BCUT2D eigenvalue weighted by atomic mass is 32.2. The van der Waals surface area contributed by atoms with E-state index in [0.717, 1.165) is 30.8 Å². The molecule has 0 aromatic carbocycles. The molecule has 0 spiro atoms. The highest BCUT2D eigenvalue weighted by Crippen LogP contribution is 2.34. The predicted octanol–water partition coefficient (Wildman–Crippen LogP) is 4.67. The molecule has 6 atom stereocenters. The van der Waals surface area contributed by atoms with Crippen LogP contribution in [0, 0.1) is 5.92 Å². The van der Waals surface area contributed by atoms with E-state index in [4.69, 9.17) is 37.9 Å². The Bertz CT molecular complexity index is 284. The van der Waals surface area contributed by atoms with Crippen molar-refractivity contribution in [2.45, 2.75) is 45.5 Å². The highest BCUT2D eigenvalue weighted by Gasteiger charge is 2.27. The lowest BCUT2D eigenvalue weighted by Gasteiger charge is -2.31. The molecule has 1 aliphatic heterocycles. The van der Waals surface area contributed by atoms with Crippen molar-refractivity contribution in [3.05, 3.63) is 0 Å². The molecule has 1 fully saturated rings. The van der Waals surface area contributed by atoms with Crippen molar-refractivity contribution in [1.29, 1.82) is 0 Å². The van der Waals surface area contributed by atoms with Gasteiger partial charge in [-0.15, -0.1) is 0 Å². The summed E-state index contributed by atoms with van der Waals surface area (Å²) in [4.78, 5) is 0. The molecule has 6 unspecified atom stereocenters. The van der Waals surface area contributed by atoms with Gasteiger partial charge in [0, 0.05) is 49.3 Å². The molecule has 132 valence electrons. The second-order valence-corrected chi connectivity index (χ2v) is 11.8. The van der Waals surface area contributed by atoms with Crippen molar-refractivity contribution in [2.75, 3.05) is 28.8 Å². The van der Waals surface area contributed by atoms with Gasteiger partial charge in [0.25, 0.3) is 0 Å². The largest absolute Gasteiger partial charge is 0.179 e. The Morgan fingerprint density at radius 2 is 1.59 bits per heavy atom. The smallest absolute Gasteiger partial charge is 0.0255 e. The minimum absolute atomic E-state index is 0.318. The van der Waals surface area contributed by atoms with Crippen LogP contribution in [0.5, 0.6) is 0 Å². The maximum absolute atomic E-state index is 4.87. The highest BCUT2D eigenvalue weighted by molar-refractivity contribution is 8.07. The van der Waals surface area contributed by atoms with E-state index < -0.39 is 0 Å². The molecule has 0 aromatic heterocycles. The molecule has 22 heavy (non-hydrogen) atoms. The predicted molar refractivity (Wildman–Crippen MR) is 130 cm³/mol. The Morgan fingerprint density at radius 1 is 0.864 bits per heavy atom. The van der Waals surface area contributed by atoms with Gasteiger partial charge in [0.1, 0.15) is 0 Å². The summed E-state index contributed by atoms with van der Waals surface area (Å²) in [5.74, 6) is 5.89. The van der Waals surface area contributed by atoms with Gasteiger partial charge in [0.05, 0.1) is 0 Å². The zero-order valence-electron chi connectivity index (χ0n) is 12.6. The summed E-state index contributed by atoms with van der Waals surface area (Å²) in [5.41, 5.74) is 0. The fraction of sp³-hybridized carbons (Fsp3) is 1.00. The number of hydrogen-bond acceptors (Lipinski definition) is 8. The Labute approximate surface area is 178 Å². The first-order valence-corrected chi connectivity index (χ1v) is 13.1. The average Bonchev–Trinajstić information content (AvgIpc) is 2.52. The molecule has 0 aliphatic carbocycles. The molecular weight excluding hydrogens is 425 g/mol. The lowest BCUT2D eigenvalue weighted by atomic mass is 9.95. The van der Waals surface area contributed by atoms with E-state index in [1.807, 2.05) is 0 Å². The van der Waals surface area contributed by atoms with Crippen LogP contribution in [0.25, 0.3) is 0 Å². The molecule has 1 heterocycles. The molecule has 0 aromatic rings. The van der Waals surface area contributed by atoms with Crippen molar-refractivity contribution in [1.82, 2.24) is 0 Å². The van der Waals surface area contributed by atoms with E-state index in [1.165, 1.54) is 17.3 Å². The van der Waals surface area contributed by atoms with E-state index in [-0.39, 0.29) is 0 Å². The molecule has 0 amide bonds. The number of hydrogen-bond donors (Lipinski definition) is 6. The van der Waals surface area contributed by atoms with Crippen LogP contribution in [0.15, 0.2) is 0 Å². The standard InChI is InChI=1S/C14H28S8/c15-6-9(3-10(17)4-11(18)7-16)12(19)5-13(20)14-8-21-1-2-22-14/h9-20H,1-8H2. The zero-order chi connectivity index (χ0) is 16.5. The van der Waals surface area contributed by atoms with E-state index >= 15 is 0 Å². The summed E-state index contributed by atoms with van der Waals surface area (Å²) in [6.07, 6.45) is 3.08. The van der Waals surface area contributed by atoms with E-state index in [2.05, 4.69) is 61.4 Å². The van der Waals surface area contributed by atoms with Gasteiger partial charge in [-0.1, -0.05) is 0 Å². The third-order valence-electron chi connectivity index (χ3n) is 3.86. The normalized spacial score (nSPS) is 26.2. The van der Waals surface area contributed by atoms with Crippen molar-refractivity contribution < 1.29 is 0 Å². The fourth-order valence-electron chi connectivity index (χ4n) is 2.51. The number of thioether (sulfide) groups is 2. The lowest BCUT2D eigenvalue weighted by Crippen LogP contribution is -2.31. The van der Waals surface area contributed by atoms with Gasteiger partial charge in [-0.3, -0.25) is 0 Å². The molecule has 1 aliphatic rings. The summed E-state index contributed by atoms with van der Waals surface area (Å²) in [6, 6.07) is 0. The first-order chi connectivity index (χ1) is 10.5. The SMILES string of the molecule is SCC(S)CC(S)CC(CS)C(S)CC(S)C1CSCCS1. The Hall–Kier alpha value is 2.80. The molecule has 1 rings (SSSR count). The van der Waals surface area contributed by atoms with Crippen LogP contribution < -0.4 is 0 Å². The maximum Gasteiger partial charge on any atom is 0.0255 e. The summed E-state index contributed by atoms with van der Waals surface area (Å²) < 4.78 is 0. The van der Waals surface area contributed by atoms with Crippen molar-refractivity contribution in [3.63, 3.8) is 0 Å². The summed E-state index contributed by atoms with van der Waals surface area (Å²) in [6.45, 7) is 0. The Balaban J connectivity index is 2.40. The number of rotatable bonds is 10. The number of thiol groups is 6. The second kappa shape index (κ2) is 13.0. The summed E-state index contributed by atoms with van der Waals surface area (Å²) in [7, 11) is 0. The van der Waals surface area contributed by atoms with Crippen LogP contribution in [0.3, 0.4) is 0 Å². The molecule has 1 saturated heterocycles. The zero-order valence-corrected chi connectivity index (χ0v) is 19.6. The van der Waals surface area contributed by atoms with Gasteiger partial charge < -0.3 is 0 Å². The molecular formula is C14H28S8. The Kier molecular flexibility index (Phi) is 13.5. The molecule has 0 nitrogen and oxygen atoms in total. The lowest BCUT2D eigenvalue weighted by molar-refractivity contribution is 0.479. The molecule has 0 saturated carbocycles. The van der Waals surface area contributed by atoms with Crippen molar-refractivity contribution in [3.8, 4) is 0 Å².